The van der Waals surface area contributed by atoms with Gasteiger partial charge in [0.2, 0.25) is 0 Å². The first kappa shape index (κ1) is 24.1. The number of nitrogens with zero attached hydrogens (tertiary/aromatic N) is 2. The standard InChI is InChI=1S/C9H13N.C7H12N2O8/c1-8(10)7-9-5-3-2-4-6-9;10-6-15-4-2-1-3-7(17-9(13)14)5-16-8(11)12/h2-6,8H,7,10H2,1H3;6-7H,1-5H2. The molecule has 0 aliphatic heterocycles. The lowest BCUT2D eigenvalue weighted by Crippen LogP contribution is -2.24. The number of benzene rings is 1. The monoisotopic (exact) mass is 387 g/mol. The summed E-state index contributed by atoms with van der Waals surface area (Å²) in [6.07, 6.45) is 1.09. The number of unbranched alkanes of at least 4 members (excludes halogenated alkanes) is 1. The number of carbonyl (C=O) groups excluding carboxylic acids is 1. The highest BCUT2D eigenvalue weighted by Crippen LogP contribution is 2.06. The normalized spacial score (nSPS) is 11.9. The molecule has 0 aromatic heterocycles. The van der Waals surface area contributed by atoms with Crippen molar-refractivity contribution in [2.24, 2.45) is 5.73 Å². The summed E-state index contributed by atoms with van der Waals surface area (Å²) in [5, 5.41) is 17.9. The number of hydrogen-bond acceptors (Lipinski definition) is 9. The van der Waals surface area contributed by atoms with Crippen LogP contribution in [0.25, 0.3) is 0 Å². The molecule has 1 aromatic carbocycles. The van der Waals surface area contributed by atoms with Crippen LogP contribution in [0.3, 0.4) is 0 Å². The van der Waals surface area contributed by atoms with Gasteiger partial charge in [-0.15, -0.1) is 20.2 Å². The largest absolute Gasteiger partial charge is 0.468 e. The molecule has 1 rings (SSSR count). The number of carbonyl (C=O) groups is 1. The molecule has 1 aromatic rings. The maximum Gasteiger partial charge on any atom is 0.294 e. The average molecular weight is 387 g/mol. The molecular weight excluding hydrogens is 362 g/mol. The summed E-state index contributed by atoms with van der Waals surface area (Å²) in [5.74, 6) is 0. The van der Waals surface area contributed by atoms with E-state index in [1.807, 2.05) is 25.1 Å². The summed E-state index contributed by atoms with van der Waals surface area (Å²) in [7, 11) is 0. The van der Waals surface area contributed by atoms with Gasteiger partial charge < -0.3 is 20.1 Å². The fourth-order valence-electron chi connectivity index (χ4n) is 2.02. The second kappa shape index (κ2) is 15.3. The summed E-state index contributed by atoms with van der Waals surface area (Å²) >= 11 is 0. The maximum atomic E-state index is 10.1. The lowest BCUT2D eigenvalue weighted by Gasteiger charge is -2.12. The minimum Gasteiger partial charge on any atom is -0.468 e. The van der Waals surface area contributed by atoms with Gasteiger partial charge in [-0.2, -0.15) is 0 Å². The molecule has 152 valence electrons. The zero-order valence-corrected chi connectivity index (χ0v) is 15.1. The number of hydrogen-bond donors (Lipinski definition) is 1. The Balaban J connectivity index is 0.000000569. The first-order valence-electron chi connectivity index (χ1n) is 8.28. The third kappa shape index (κ3) is 16.3. The Morgan fingerprint density at radius 3 is 2.33 bits per heavy atom. The van der Waals surface area contributed by atoms with Gasteiger partial charge in [0.25, 0.3) is 16.6 Å². The zero-order valence-electron chi connectivity index (χ0n) is 15.1. The average Bonchev–Trinajstić information content (AvgIpc) is 2.59. The molecule has 27 heavy (non-hydrogen) atoms. The van der Waals surface area contributed by atoms with Crippen LogP contribution in [0.5, 0.6) is 0 Å². The quantitative estimate of drug-likeness (QED) is 0.230. The van der Waals surface area contributed by atoms with Crippen LogP contribution in [-0.2, 0) is 25.6 Å². The maximum absolute atomic E-state index is 10.1. The molecule has 0 aliphatic rings. The molecule has 0 saturated heterocycles. The molecule has 0 amide bonds. The van der Waals surface area contributed by atoms with E-state index >= 15 is 0 Å². The first-order valence-corrected chi connectivity index (χ1v) is 8.28. The van der Waals surface area contributed by atoms with E-state index in [9.17, 15) is 25.0 Å². The predicted molar refractivity (Wildman–Crippen MR) is 94.5 cm³/mol. The van der Waals surface area contributed by atoms with E-state index in [-0.39, 0.29) is 19.1 Å². The molecule has 2 atom stereocenters. The van der Waals surface area contributed by atoms with E-state index in [1.54, 1.807) is 0 Å². The van der Waals surface area contributed by atoms with Gasteiger partial charge in [-0.3, -0.25) is 4.79 Å². The van der Waals surface area contributed by atoms with E-state index in [1.165, 1.54) is 5.56 Å². The van der Waals surface area contributed by atoms with Crippen LogP contribution < -0.4 is 5.73 Å². The van der Waals surface area contributed by atoms with Crippen LogP contribution in [0.4, 0.5) is 0 Å². The highest BCUT2D eigenvalue weighted by atomic mass is 17.0. The molecule has 0 aliphatic carbocycles. The minimum absolute atomic E-state index is 0.185. The fraction of sp³-hybridized carbons (Fsp3) is 0.562. The molecule has 11 nitrogen and oxygen atoms in total. The van der Waals surface area contributed by atoms with E-state index in [0.717, 1.165) is 6.42 Å². The molecule has 0 spiro atoms. The summed E-state index contributed by atoms with van der Waals surface area (Å²) in [6, 6.07) is 10.6. The van der Waals surface area contributed by atoms with E-state index in [0.29, 0.717) is 19.3 Å². The van der Waals surface area contributed by atoms with Crippen LogP contribution in [0.15, 0.2) is 30.3 Å². The number of nitrogens with two attached hydrogens (primary N) is 1. The van der Waals surface area contributed by atoms with Gasteiger partial charge in [0, 0.05) is 6.04 Å². The Morgan fingerprint density at radius 2 is 1.81 bits per heavy atom. The van der Waals surface area contributed by atoms with Crippen molar-refractivity contribution in [2.75, 3.05) is 13.2 Å². The van der Waals surface area contributed by atoms with Crippen molar-refractivity contribution in [1.82, 2.24) is 0 Å². The highest BCUT2D eigenvalue weighted by molar-refractivity contribution is 5.36. The molecular formula is C16H25N3O8. The topological polar surface area (TPSA) is 157 Å². The van der Waals surface area contributed by atoms with Gasteiger partial charge in [0.05, 0.1) is 6.61 Å². The summed E-state index contributed by atoms with van der Waals surface area (Å²) in [5.41, 5.74) is 6.94. The Bertz CT molecular complexity index is 542. The van der Waals surface area contributed by atoms with Crippen LogP contribution in [0.1, 0.15) is 31.7 Å². The molecule has 0 radical (unpaired) electrons. The third-order valence-corrected chi connectivity index (χ3v) is 3.11. The van der Waals surface area contributed by atoms with E-state index in [4.69, 9.17) is 5.73 Å². The minimum atomic E-state index is -1.05. The van der Waals surface area contributed by atoms with Gasteiger partial charge >= 0.3 is 0 Å². The molecule has 0 bridgehead atoms. The summed E-state index contributed by atoms with van der Waals surface area (Å²) in [6.45, 7) is 1.99. The van der Waals surface area contributed by atoms with Crippen molar-refractivity contribution in [1.29, 1.82) is 0 Å². The van der Waals surface area contributed by atoms with Crippen molar-refractivity contribution in [3.63, 3.8) is 0 Å². The van der Waals surface area contributed by atoms with E-state index < -0.39 is 22.9 Å². The Kier molecular flexibility index (Phi) is 13.6. The lowest BCUT2D eigenvalue weighted by molar-refractivity contribution is -0.790. The smallest absolute Gasteiger partial charge is 0.294 e. The van der Waals surface area contributed by atoms with Crippen LogP contribution in [0, 0.1) is 20.2 Å². The van der Waals surface area contributed by atoms with Gasteiger partial charge in [0.1, 0.15) is 12.7 Å². The predicted octanol–water partition coefficient (Wildman–Crippen LogP) is 1.69. The first-order chi connectivity index (χ1) is 12.8. The van der Waals surface area contributed by atoms with Crippen molar-refractivity contribution < 1.29 is 29.4 Å². The highest BCUT2D eigenvalue weighted by Gasteiger charge is 2.15. The Morgan fingerprint density at radius 1 is 1.15 bits per heavy atom. The summed E-state index contributed by atoms with van der Waals surface area (Å²) < 4.78 is 4.40. The molecule has 2 unspecified atom stereocenters. The molecule has 0 heterocycles. The summed E-state index contributed by atoms with van der Waals surface area (Å²) in [4.78, 5) is 38.0. The van der Waals surface area contributed by atoms with Gasteiger partial charge in [-0.25, -0.2) is 0 Å². The van der Waals surface area contributed by atoms with Crippen LogP contribution in [0.2, 0.25) is 0 Å². The molecule has 2 N–H and O–H groups in total. The van der Waals surface area contributed by atoms with Crippen molar-refractivity contribution in [3.8, 4) is 0 Å². The fourth-order valence-corrected chi connectivity index (χ4v) is 2.02. The third-order valence-electron chi connectivity index (χ3n) is 3.11. The van der Waals surface area contributed by atoms with Crippen molar-refractivity contribution >= 4 is 6.47 Å². The number of rotatable bonds is 13. The lowest BCUT2D eigenvalue weighted by atomic mass is 10.1. The molecule has 0 saturated carbocycles. The van der Waals surface area contributed by atoms with E-state index in [2.05, 4.69) is 26.5 Å². The van der Waals surface area contributed by atoms with Gasteiger partial charge in [-0.1, -0.05) is 30.3 Å². The second-order valence-electron chi connectivity index (χ2n) is 5.60. The van der Waals surface area contributed by atoms with Crippen molar-refractivity contribution in [2.45, 2.75) is 44.8 Å². The van der Waals surface area contributed by atoms with Crippen molar-refractivity contribution in [3.05, 3.63) is 56.1 Å². The second-order valence-corrected chi connectivity index (χ2v) is 5.60. The van der Waals surface area contributed by atoms with Crippen LogP contribution >= 0.6 is 0 Å². The molecule has 11 heteroatoms. The molecule has 0 fully saturated rings. The Hall–Kier alpha value is -2.95. The zero-order chi connectivity index (χ0) is 20.5. The van der Waals surface area contributed by atoms with Crippen LogP contribution in [-0.4, -0.2) is 42.0 Å². The SMILES string of the molecule is CC(N)Cc1ccccc1.O=COCCCCC(CO[N+](=O)[O-])O[N+](=O)[O-]. The number of ether oxygens (including phenoxy) is 1. The van der Waals surface area contributed by atoms with Gasteiger partial charge in [-0.05, 0) is 38.2 Å². The van der Waals surface area contributed by atoms with Gasteiger partial charge in [0.15, 0.2) is 0 Å². The Labute approximate surface area is 156 Å².